The number of urea groups is 1. The van der Waals surface area contributed by atoms with Crippen LogP contribution in [-0.2, 0) is 16.0 Å². The van der Waals surface area contributed by atoms with E-state index in [2.05, 4.69) is 20.4 Å². The smallest absolute Gasteiger partial charge is 0.325 e. The lowest BCUT2D eigenvalue weighted by molar-refractivity contribution is -0.139. The van der Waals surface area contributed by atoms with Crippen LogP contribution in [0.25, 0.3) is 0 Å². The Labute approximate surface area is 160 Å². The Balaban J connectivity index is 1.64. The number of methoxy groups -OCH3 is 1. The zero-order chi connectivity index (χ0) is 19.1. The van der Waals surface area contributed by atoms with E-state index < -0.39 is 6.03 Å². The van der Waals surface area contributed by atoms with E-state index in [0.29, 0.717) is 28.0 Å². The molecule has 0 fully saturated rings. The molecule has 0 aliphatic rings. The molecule has 1 aromatic heterocycles. The number of aromatic nitrogens is 1. The molecular formula is C19H17N3O4S. The molecule has 2 amide bonds. The number of para-hydroxylation sites is 3. The van der Waals surface area contributed by atoms with Crippen molar-refractivity contribution < 1.29 is 19.1 Å². The number of nitrogens with zero attached hydrogens (tertiary/aromatic N) is 1. The van der Waals surface area contributed by atoms with Gasteiger partial charge in [0.25, 0.3) is 0 Å². The zero-order valence-electron chi connectivity index (χ0n) is 14.5. The summed E-state index contributed by atoms with van der Waals surface area (Å²) in [6.45, 7) is 0. The summed E-state index contributed by atoms with van der Waals surface area (Å²) in [5, 5.41) is 7.46. The Morgan fingerprint density at radius 3 is 2.56 bits per heavy atom. The molecule has 0 aliphatic carbocycles. The molecule has 2 N–H and O–H groups in total. The van der Waals surface area contributed by atoms with Gasteiger partial charge in [0.05, 0.1) is 24.9 Å². The van der Waals surface area contributed by atoms with Crippen LogP contribution in [0.5, 0.6) is 11.5 Å². The molecule has 27 heavy (non-hydrogen) atoms. The van der Waals surface area contributed by atoms with Gasteiger partial charge in [-0.25, -0.2) is 9.78 Å². The van der Waals surface area contributed by atoms with Gasteiger partial charge in [-0.2, -0.15) is 0 Å². The fraction of sp³-hybridized carbons (Fsp3) is 0.105. The van der Waals surface area contributed by atoms with Gasteiger partial charge in [-0.1, -0.05) is 30.3 Å². The molecule has 0 radical (unpaired) electrons. The Kier molecular flexibility index (Phi) is 6.01. The number of carbonyl (C=O) groups is 2. The lowest BCUT2D eigenvalue weighted by Crippen LogP contribution is -2.19. The van der Waals surface area contributed by atoms with E-state index in [-0.39, 0.29) is 12.4 Å². The summed E-state index contributed by atoms with van der Waals surface area (Å²) in [4.78, 5) is 27.7. The van der Waals surface area contributed by atoms with Crippen LogP contribution in [0, 0.1) is 0 Å². The van der Waals surface area contributed by atoms with Crippen molar-refractivity contribution in [3.8, 4) is 11.5 Å². The summed E-state index contributed by atoms with van der Waals surface area (Å²) in [6, 6.07) is 15.9. The van der Waals surface area contributed by atoms with Gasteiger partial charge < -0.3 is 14.8 Å². The van der Waals surface area contributed by atoms with Crippen molar-refractivity contribution in [3.63, 3.8) is 0 Å². The quantitative estimate of drug-likeness (QED) is 0.620. The molecule has 3 rings (SSSR count). The number of nitrogens with one attached hydrogen (secondary N) is 2. The van der Waals surface area contributed by atoms with E-state index in [1.165, 1.54) is 18.4 Å². The SMILES string of the molecule is COC(=O)Cc1csc(NC(=O)Nc2ccccc2Oc2ccccc2)n1. The number of anilines is 2. The molecule has 3 aromatic rings. The molecule has 0 spiro atoms. The van der Waals surface area contributed by atoms with Crippen molar-refractivity contribution in [1.29, 1.82) is 0 Å². The molecular weight excluding hydrogens is 366 g/mol. The fourth-order valence-corrected chi connectivity index (χ4v) is 2.90. The van der Waals surface area contributed by atoms with Crippen LogP contribution < -0.4 is 15.4 Å². The highest BCUT2D eigenvalue weighted by Crippen LogP contribution is 2.29. The number of esters is 1. The second-order valence-electron chi connectivity index (χ2n) is 5.39. The van der Waals surface area contributed by atoms with Crippen LogP contribution in [0.1, 0.15) is 5.69 Å². The minimum absolute atomic E-state index is 0.0596. The van der Waals surface area contributed by atoms with E-state index >= 15 is 0 Å². The number of hydrogen-bond donors (Lipinski definition) is 2. The average Bonchev–Trinajstić information content (AvgIpc) is 3.10. The lowest BCUT2D eigenvalue weighted by Gasteiger charge is -2.12. The molecule has 2 aromatic carbocycles. The van der Waals surface area contributed by atoms with Crippen LogP contribution >= 0.6 is 11.3 Å². The molecule has 8 heteroatoms. The molecule has 0 saturated carbocycles. The summed E-state index contributed by atoms with van der Waals surface area (Å²) in [5.74, 6) is 0.798. The summed E-state index contributed by atoms with van der Waals surface area (Å²) >= 11 is 1.23. The average molecular weight is 383 g/mol. The molecule has 1 heterocycles. The Bertz CT molecular complexity index is 927. The largest absolute Gasteiger partial charge is 0.469 e. The zero-order valence-corrected chi connectivity index (χ0v) is 15.3. The van der Waals surface area contributed by atoms with Crippen molar-refractivity contribution in [2.75, 3.05) is 17.7 Å². The highest BCUT2D eigenvalue weighted by Gasteiger charge is 2.12. The molecule has 0 bridgehead atoms. The predicted octanol–water partition coefficient (Wildman–Crippen LogP) is 4.29. The van der Waals surface area contributed by atoms with Gasteiger partial charge in [0, 0.05) is 5.38 Å². The van der Waals surface area contributed by atoms with Gasteiger partial charge in [0.2, 0.25) is 0 Å². The summed E-state index contributed by atoms with van der Waals surface area (Å²) < 4.78 is 10.4. The monoisotopic (exact) mass is 383 g/mol. The first-order valence-electron chi connectivity index (χ1n) is 8.05. The fourth-order valence-electron chi connectivity index (χ4n) is 2.19. The van der Waals surface area contributed by atoms with E-state index in [0.717, 1.165) is 0 Å². The second-order valence-corrected chi connectivity index (χ2v) is 6.25. The molecule has 7 nitrogen and oxygen atoms in total. The van der Waals surface area contributed by atoms with E-state index in [1.807, 2.05) is 36.4 Å². The van der Waals surface area contributed by atoms with Crippen LogP contribution in [0.4, 0.5) is 15.6 Å². The molecule has 0 aliphatic heterocycles. The van der Waals surface area contributed by atoms with Gasteiger partial charge in [-0.3, -0.25) is 10.1 Å². The molecule has 0 saturated heterocycles. The number of rotatable bonds is 6. The lowest BCUT2D eigenvalue weighted by atomic mass is 10.3. The van der Waals surface area contributed by atoms with Crippen molar-refractivity contribution in [3.05, 3.63) is 65.7 Å². The number of ether oxygens (including phenoxy) is 2. The van der Waals surface area contributed by atoms with Gasteiger partial charge in [-0.15, -0.1) is 11.3 Å². The molecule has 0 atom stereocenters. The topological polar surface area (TPSA) is 89.5 Å². The van der Waals surface area contributed by atoms with Gasteiger partial charge in [-0.05, 0) is 24.3 Å². The maximum Gasteiger partial charge on any atom is 0.325 e. The van der Waals surface area contributed by atoms with Crippen molar-refractivity contribution in [2.45, 2.75) is 6.42 Å². The van der Waals surface area contributed by atoms with Crippen LogP contribution in [0.15, 0.2) is 60.0 Å². The van der Waals surface area contributed by atoms with Crippen LogP contribution in [0.2, 0.25) is 0 Å². The third kappa shape index (κ3) is 5.29. The Hall–Kier alpha value is -3.39. The van der Waals surface area contributed by atoms with Gasteiger partial charge in [0.15, 0.2) is 10.9 Å². The van der Waals surface area contributed by atoms with E-state index in [9.17, 15) is 9.59 Å². The number of benzene rings is 2. The molecule has 0 unspecified atom stereocenters. The standard InChI is InChI=1S/C19H17N3O4S/c1-25-17(23)11-13-12-27-19(20-13)22-18(24)21-15-9-5-6-10-16(15)26-14-7-3-2-4-8-14/h2-10,12H,11H2,1H3,(H2,20,21,22,24). The first-order chi connectivity index (χ1) is 13.1. The van der Waals surface area contributed by atoms with Crippen molar-refractivity contribution >= 4 is 34.2 Å². The first-order valence-corrected chi connectivity index (χ1v) is 8.93. The van der Waals surface area contributed by atoms with Crippen molar-refractivity contribution in [1.82, 2.24) is 4.98 Å². The highest BCUT2D eigenvalue weighted by molar-refractivity contribution is 7.14. The van der Waals surface area contributed by atoms with Crippen LogP contribution in [0.3, 0.4) is 0 Å². The third-order valence-corrected chi connectivity index (χ3v) is 4.24. The Morgan fingerprint density at radius 2 is 1.78 bits per heavy atom. The second kappa shape index (κ2) is 8.81. The van der Waals surface area contributed by atoms with E-state index in [4.69, 9.17) is 4.74 Å². The molecule has 138 valence electrons. The summed E-state index contributed by atoms with van der Waals surface area (Å²) in [7, 11) is 1.32. The number of amides is 2. The van der Waals surface area contributed by atoms with Gasteiger partial charge >= 0.3 is 12.0 Å². The van der Waals surface area contributed by atoms with Gasteiger partial charge in [0.1, 0.15) is 5.75 Å². The summed E-state index contributed by atoms with van der Waals surface area (Å²) in [6.07, 6.45) is 0.0596. The maximum absolute atomic E-state index is 12.3. The predicted molar refractivity (Wildman–Crippen MR) is 103 cm³/mol. The summed E-state index contributed by atoms with van der Waals surface area (Å²) in [5.41, 5.74) is 1.06. The van der Waals surface area contributed by atoms with Crippen LogP contribution in [-0.4, -0.2) is 24.1 Å². The van der Waals surface area contributed by atoms with E-state index in [1.54, 1.807) is 23.6 Å². The number of thiazole rings is 1. The number of hydrogen-bond acceptors (Lipinski definition) is 6. The minimum Gasteiger partial charge on any atom is -0.469 e. The van der Waals surface area contributed by atoms with Crippen molar-refractivity contribution in [2.24, 2.45) is 0 Å². The third-order valence-electron chi connectivity index (χ3n) is 3.43. The highest BCUT2D eigenvalue weighted by atomic mass is 32.1. The maximum atomic E-state index is 12.3. The number of carbonyl (C=O) groups excluding carboxylic acids is 2. The minimum atomic E-state index is -0.460. The Morgan fingerprint density at radius 1 is 1.04 bits per heavy atom. The first kappa shape index (κ1) is 18.4. The normalized spacial score (nSPS) is 10.1.